The molecule has 0 unspecified atom stereocenters. The van der Waals surface area contributed by atoms with Gasteiger partial charge in [0.25, 0.3) is 5.91 Å². The Kier molecular flexibility index (Phi) is 4.68. The molecule has 1 fully saturated rings. The lowest BCUT2D eigenvalue weighted by Gasteiger charge is -2.50. The Hall–Kier alpha value is -3.25. The van der Waals surface area contributed by atoms with Gasteiger partial charge in [0.1, 0.15) is 5.75 Å². The second-order valence-electron chi connectivity index (χ2n) is 10.4. The van der Waals surface area contributed by atoms with Crippen LogP contribution in [-0.4, -0.2) is 30.2 Å². The third kappa shape index (κ3) is 2.83. The summed E-state index contributed by atoms with van der Waals surface area (Å²) in [6.45, 7) is 6.56. The van der Waals surface area contributed by atoms with Crippen LogP contribution in [0, 0.1) is 0 Å². The van der Waals surface area contributed by atoms with Crippen molar-refractivity contribution in [1.82, 2.24) is 0 Å². The van der Waals surface area contributed by atoms with Gasteiger partial charge in [0, 0.05) is 22.2 Å². The predicted molar refractivity (Wildman–Crippen MR) is 140 cm³/mol. The van der Waals surface area contributed by atoms with Crippen LogP contribution in [-0.2, 0) is 19.9 Å². The van der Waals surface area contributed by atoms with Crippen molar-refractivity contribution in [2.45, 2.75) is 43.0 Å². The van der Waals surface area contributed by atoms with Crippen LogP contribution in [0.2, 0.25) is 0 Å². The van der Waals surface area contributed by atoms with Crippen LogP contribution in [0.15, 0.2) is 72.8 Å². The summed E-state index contributed by atoms with van der Waals surface area (Å²) in [5.74, 6) is 0.870. The molecule has 0 radical (unpaired) electrons. The van der Waals surface area contributed by atoms with Crippen LogP contribution in [0.4, 0.5) is 11.4 Å². The molecule has 3 aromatic carbocycles. The number of hydrogen-bond donors (Lipinski definition) is 0. The van der Waals surface area contributed by atoms with E-state index in [0.717, 1.165) is 23.2 Å². The first-order valence-corrected chi connectivity index (χ1v) is 12.9. The molecule has 0 aromatic heterocycles. The van der Waals surface area contributed by atoms with E-state index >= 15 is 0 Å². The predicted octanol–water partition coefficient (Wildman–Crippen LogP) is 5.46. The topological polar surface area (TPSA) is 49.9 Å². The van der Waals surface area contributed by atoms with Crippen molar-refractivity contribution in [1.29, 1.82) is 0 Å². The van der Waals surface area contributed by atoms with Crippen LogP contribution >= 0.6 is 11.8 Å². The van der Waals surface area contributed by atoms with E-state index in [2.05, 4.69) is 51.1 Å². The second-order valence-corrected chi connectivity index (χ2v) is 11.6. The van der Waals surface area contributed by atoms with E-state index < -0.39 is 10.4 Å². The van der Waals surface area contributed by atoms with Gasteiger partial charge in [-0.25, -0.2) is 0 Å². The highest BCUT2D eigenvalue weighted by atomic mass is 32.2. The molecule has 1 saturated heterocycles. The number of methoxy groups -OCH3 is 1. The van der Waals surface area contributed by atoms with Crippen molar-refractivity contribution in [2.24, 2.45) is 0 Å². The monoisotopic (exact) mass is 484 g/mol. The molecule has 1 spiro atoms. The fourth-order valence-corrected chi connectivity index (χ4v) is 7.77. The van der Waals surface area contributed by atoms with Crippen molar-refractivity contribution in [3.8, 4) is 5.75 Å². The van der Waals surface area contributed by atoms with Gasteiger partial charge in [-0.1, -0.05) is 55.5 Å². The van der Waals surface area contributed by atoms with Crippen molar-refractivity contribution in [2.75, 3.05) is 22.7 Å². The Morgan fingerprint density at radius 1 is 0.829 bits per heavy atom. The van der Waals surface area contributed by atoms with Gasteiger partial charge in [0.2, 0.25) is 10.8 Å². The number of anilines is 2. The molecule has 0 bridgehead atoms. The fraction of sp³-hybridized carbons (Fsp3) is 0.310. The smallest absolute Gasteiger partial charge is 0.269 e. The maximum atomic E-state index is 14.5. The quantitative estimate of drug-likeness (QED) is 0.495. The zero-order chi connectivity index (χ0) is 24.6. The third-order valence-corrected chi connectivity index (χ3v) is 9.20. The van der Waals surface area contributed by atoms with E-state index in [4.69, 9.17) is 4.74 Å². The van der Waals surface area contributed by atoms with Crippen molar-refractivity contribution < 1.29 is 14.3 Å². The van der Waals surface area contributed by atoms with Gasteiger partial charge in [-0.2, -0.15) is 0 Å². The summed E-state index contributed by atoms with van der Waals surface area (Å²) in [4.78, 5) is 30.4. The summed E-state index contributed by atoms with van der Waals surface area (Å²) >= 11 is 1.43. The number of amides is 2. The summed E-state index contributed by atoms with van der Waals surface area (Å²) in [5, 5.41) is 0. The van der Waals surface area contributed by atoms with Gasteiger partial charge in [-0.3, -0.25) is 14.5 Å². The normalized spacial score (nSPS) is 26.4. The van der Waals surface area contributed by atoms with Gasteiger partial charge in [-0.15, -0.1) is 11.8 Å². The number of rotatable bonds is 3. The SMILES string of the molecule is COc1ccc(N2C(=O)CS[C@@]23C(=O)N2c4c(cccc43)[C@@](C)(c3ccccc3)CC2(C)C)cc1. The first kappa shape index (κ1) is 22.2. The number of thioether (sulfide) groups is 1. The third-order valence-electron chi connectivity index (χ3n) is 7.81. The number of benzene rings is 3. The molecule has 2 atom stereocenters. The lowest BCUT2D eigenvalue weighted by molar-refractivity contribution is -0.124. The molecule has 5 nitrogen and oxygen atoms in total. The first-order chi connectivity index (χ1) is 16.7. The molecular weight excluding hydrogens is 456 g/mol. The van der Waals surface area contributed by atoms with Crippen LogP contribution in [0.1, 0.15) is 43.9 Å². The van der Waals surface area contributed by atoms with E-state index in [9.17, 15) is 9.59 Å². The average Bonchev–Trinajstić information content (AvgIpc) is 3.34. The molecule has 6 rings (SSSR count). The van der Waals surface area contributed by atoms with E-state index in [0.29, 0.717) is 11.4 Å². The highest BCUT2D eigenvalue weighted by Gasteiger charge is 2.65. The molecule has 0 aliphatic carbocycles. The molecule has 178 valence electrons. The first-order valence-electron chi connectivity index (χ1n) is 11.9. The minimum Gasteiger partial charge on any atom is -0.497 e. The lowest BCUT2D eigenvalue weighted by atomic mass is 9.65. The fourth-order valence-electron chi connectivity index (χ4n) is 6.44. The molecule has 3 heterocycles. The molecular formula is C29H28N2O3S. The largest absolute Gasteiger partial charge is 0.497 e. The minimum atomic E-state index is -1.11. The van der Waals surface area contributed by atoms with E-state index in [-0.39, 0.29) is 23.0 Å². The Bertz CT molecular complexity index is 1350. The number of ether oxygens (including phenoxy) is 1. The van der Waals surface area contributed by atoms with Gasteiger partial charge in [0.05, 0.1) is 18.6 Å². The number of fused-ring (bicyclic) bond motifs is 1. The standard InChI is InChI=1S/C29H28N2O3S/c1-27(2)18-28(3,19-9-6-5-7-10-19)22-11-8-12-23-25(22)31(27)26(33)29(23)30(24(32)17-35-29)20-13-15-21(34-4)16-14-20/h5-16H,17-18H2,1-4H3/t28-,29+/m1/s1. The second kappa shape index (κ2) is 7.37. The number of para-hydroxylation sites is 1. The molecule has 0 N–H and O–H groups in total. The molecule has 3 aliphatic rings. The molecule has 0 saturated carbocycles. The Balaban J connectivity index is 1.60. The zero-order valence-corrected chi connectivity index (χ0v) is 21.2. The molecule has 2 amide bonds. The van der Waals surface area contributed by atoms with Crippen molar-refractivity contribution in [3.05, 3.63) is 89.5 Å². The number of carbonyl (C=O) groups is 2. The molecule has 3 aliphatic heterocycles. The van der Waals surface area contributed by atoms with Crippen molar-refractivity contribution >= 4 is 35.0 Å². The van der Waals surface area contributed by atoms with Crippen LogP contribution < -0.4 is 14.5 Å². The Morgan fingerprint density at radius 2 is 1.51 bits per heavy atom. The van der Waals surface area contributed by atoms with E-state index in [1.54, 1.807) is 12.0 Å². The van der Waals surface area contributed by atoms with Crippen LogP contribution in [0.5, 0.6) is 5.75 Å². The summed E-state index contributed by atoms with van der Waals surface area (Å²) in [5.41, 5.74) is 4.23. The van der Waals surface area contributed by atoms with Crippen LogP contribution in [0.3, 0.4) is 0 Å². The van der Waals surface area contributed by atoms with Gasteiger partial charge in [-0.05, 0) is 55.7 Å². The summed E-state index contributed by atoms with van der Waals surface area (Å²) in [7, 11) is 1.62. The molecule has 6 heteroatoms. The van der Waals surface area contributed by atoms with E-state index in [1.807, 2.05) is 47.4 Å². The van der Waals surface area contributed by atoms with Gasteiger partial charge < -0.3 is 9.64 Å². The number of nitrogens with zero attached hydrogens (tertiary/aromatic N) is 2. The van der Waals surface area contributed by atoms with E-state index in [1.165, 1.54) is 17.3 Å². The van der Waals surface area contributed by atoms with Gasteiger partial charge in [0.15, 0.2) is 0 Å². The maximum absolute atomic E-state index is 14.5. The minimum absolute atomic E-state index is 0.0354. The van der Waals surface area contributed by atoms with Crippen molar-refractivity contribution in [3.63, 3.8) is 0 Å². The molecule has 35 heavy (non-hydrogen) atoms. The average molecular weight is 485 g/mol. The Labute approximate surface area is 210 Å². The number of hydrogen-bond acceptors (Lipinski definition) is 4. The molecule has 3 aromatic rings. The Morgan fingerprint density at radius 3 is 2.20 bits per heavy atom. The zero-order valence-electron chi connectivity index (χ0n) is 20.4. The lowest BCUT2D eigenvalue weighted by Crippen LogP contribution is -2.58. The van der Waals surface area contributed by atoms with Crippen LogP contribution in [0.25, 0.3) is 0 Å². The summed E-state index contributed by atoms with van der Waals surface area (Å²) in [6.07, 6.45) is 0.781. The highest BCUT2D eigenvalue weighted by molar-refractivity contribution is 8.02. The highest BCUT2D eigenvalue weighted by Crippen LogP contribution is 2.62. The van der Waals surface area contributed by atoms with Gasteiger partial charge >= 0.3 is 0 Å². The summed E-state index contributed by atoms with van der Waals surface area (Å²) < 4.78 is 5.32. The number of carbonyl (C=O) groups excluding carboxylic acids is 2. The maximum Gasteiger partial charge on any atom is 0.269 e. The summed E-state index contributed by atoms with van der Waals surface area (Å²) in [6, 6.07) is 24.2.